The zero-order valence-corrected chi connectivity index (χ0v) is 16.1. The highest BCUT2D eigenvalue weighted by Crippen LogP contribution is 2.28. The number of ether oxygens (including phenoxy) is 1. The third kappa shape index (κ3) is 4.56. The van der Waals surface area contributed by atoms with Crippen LogP contribution in [0, 0.1) is 0 Å². The van der Waals surface area contributed by atoms with Crippen molar-refractivity contribution in [2.24, 2.45) is 0 Å². The highest BCUT2D eigenvalue weighted by molar-refractivity contribution is 7.92. The van der Waals surface area contributed by atoms with Gasteiger partial charge in [0.05, 0.1) is 34.7 Å². The summed E-state index contributed by atoms with van der Waals surface area (Å²) in [5.74, 6) is 0.359. The predicted molar refractivity (Wildman–Crippen MR) is 98.5 cm³/mol. The lowest BCUT2D eigenvalue weighted by Gasteiger charge is -2.17. The van der Waals surface area contributed by atoms with E-state index in [1.165, 1.54) is 44.5 Å². The Hall–Kier alpha value is -1.97. The Morgan fingerprint density at radius 1 is 1.08 bits per heavy atom. The number of sulfonamides is 2. The number of hydrogen-bond donors (Lipinski definition) is 1. The fraction of sp³-hybridized carbons (Fsp3) is 0.200. The number of halogens is 1. The van der Waals surface area contributed by atoms with Crippen molar-refractivity contribution in [3.8, 4) is 5.75 Å². The van der Waals surface area contributed by atoms with Gasteiger partial charge in [0.15, 0.2) is 0 Å². The first-order valence-corrected chi connectivity index (χ1v) is 10.7. The number of methoxy groups -OCH3 is 1. The first-order chi connectivity index (χ1) is 11.5. The molecule has 0 atom stereocenters. The van der Waals surface area contributed by atoms with E-state index in [2.05, 4.69) is 4.72 Å². The van der Waals surface area contributed by atoms with Gasteiger partial charge in [0, 0.05) is 7.05 Å². The standard InChI is InChI=1S/C15H17ClN2O5S2/c1-18(24(3,19)20)12-6-4-5-11(9-12)17-25(21,22)13-7-8-15(23-2)14(16)10-13/h4-10,17H,1-3H3. The van der Waals surface area contributed by atoms with Gasteiger partial charge in [-0.1, -0.05) is 17.7 Å². The van der Waals surface area contributed by atoms with E-state index in [1.807, 2.05) is 0 Å². The summed E-state index contributed by atoms with van der Waals surface area (Å²) in [6.07, 6.45) is 1.06. The minimum Gasteiger partial charge on any atom is -0.495 e. The quantitative estimate of drug-likeness (QED) is 0.798. The van der Waals surface area contributed by atoms with Crippen molar-refractivity contribution < 1.29 is 21.6 Å². The third-order valence-corrected chi connectivity index (χ3v) is 6.27. The smallest absolute Gasteiger partial charge is 0.261 e. The molecule has 0 aliphatic heterocycles. The summed E-state index contributed by atoms with van der Waals surface area (Å²) in [4.78, 5) is -0.0415. The molecule has 2 aromatic rings. The number of anilines is 2. The summed E-state index contributed by atoms with van der Waals surface area (Å²) in [7, 11) is -4.54. The SMILES string of the molecule is COc1ccc(S(=O)(=O)Nc2cccc(N(C)S(C)(=O)=O)c2)cc1Cl. The van der Waals surface area contributed by atoms with Gasteiger partial charge in [0.25, 0.3) is 10.0 Å². The van der Waals surface area contributed by atoms with Crippen molar-refractivity contribution in [3.05, 3.63) is 47.5 Å². The zero-order chi connectivity index (χ0) is 18.8. The molecule has 25 heavy (non-hydrogen) atoms. The van der Waals surface area contributed by atoms with Gasteiger partial charge in [0.1, 0.15) is 5.75 Å². The van der Waals surface area contributed by atoms with Crippen LogP contribution in [0.4, 0.5) is 11.4 Å². The van der Waals surface area contributed by atoms with Crippen LogP contribution in [0.15, 0.2) is 47.4 Å². The molecule has 0 radical (unpaired) electrons. The fourth-order valence-electron chi connectivity index (χ4n) is 1.99. The molecule has 0 bridgehead atoms. The van der Waals surface area contributed by atoms with Crippen molar-refractivity contribution in [2.75, 3.05) is 29.4 Å². The van der Waals surface area contributed by atoms with E-state index in [9.17, 15) is 16.8 Å². The Balaban J connectivity index is 2.34. The van der Waals surface area contributed by atoms with Crippen LogP contribution in [0.3, 0.4) is 0 Å². The lowest BCUT2D eigenvalue weighted by atomic mass is 10.3. The van der Waals surface area contributed by atoms with Crippen molar-refractivity contribution in [1.82, 2.24) is 0 Å². The molecule has 0 amide bonds. The number of benzene rings is 2. The minimum atomic E-state index is -3.90. The lowest BCUT2D eigenvalue weighted by Crippen LogP contribution is -2.24. The maximum absolute atomic E-state index is 12.5. The highest BCUT2D eigenvalue weighted by atomic mass is 35.5. The van der Waals surface area contributed by atoms with Crippen LogP contribution in [0.5, 0.6) is 5.75 Å². The molecule has 1 N–H and O–H groups in total. The largest absolute Gasteiger partial charge is 0.495 e. The van der Waals surface area contributed by atoms with Gasteiger partial charge in [-0.25, -0.2) is 16.8 Å². The van der Waals surface area contributed by atoms with Gasteiger partial charge in [-0.2, -0.15) is 0 Å². The van der Waals surface area contributed by atoms with E-state index < -0.39 is 20.0 Å². The van der Waals surface area contributed by atoms with E-state index in [0.717, 1.165) is 10.6 Å². The second-order valence-electron chi connectivity index (χ2n) is 5.18. The van der Waals surface area contributed by atoms with Crippen molar-refractivity contribution in [1.29, 1.82) is 0 Å². The number of rotatable bonds is 6. The summed E-state index contributed by atoms with van der Waals surface area (Å²) in [5, 5.41) is 0.163. The molecule has 0 saturated heterocycles. The van der Waals surface area contributed by atoms with E-state index in [0.29, 0.717) is 11.4 Å². The summed E-state index contributed by atoms with van der Waals surface area (Å²) >= 11 is 5.96. The Kier molecular flexibility index (Phi) is 5.50. The Labute approximate surface area is 152 Å². The van der Waals surface area contributed by atoms with Crippen LogP contribution in [0.2, 0.25) is 5.02 Å². The summed E-state index contributed by atoms with van der Waals surface area (Å²) in [5.41, 5.74) is 0.551. The van der Waals surface area contributed by atoms with E-state index in [1.54, 1.807) is 12.1 Å². The van der Waals surface area contributed by atoms with Gasteiger partial charge in [-0.05, 0) is 36.4 Å². The third-order valence-electron chi connectivity index (χ3n) is 3.39. The van der Waals surface area contributed by atoms with Crippen molar-refractivity contribution in [3.63, 3.8) is 0 Å². The molecular weight excluding hydrogens is 388 g/mol. The summed E-state index contributed by atoms with van der Waals surface area (Å²) in [6.45, 7) is 0. The maximum atomic E-state index is 12.5. The molecule has 0 aromatic heterocycles. The summed E-state index contributed by atoms with van der Waals surface area (Å²) < 4.78 is 56.6. The summed E-state index contributed by atoms with van der Waals surface area (Å²) in [6, 6.07) is 10.1. The van der Waals surface area contributed by atoms with Gasteiger partial charge < -0.3 is 4.74 Å². The van der Waals surface area contributed by atoms with E-state index >= 15 is 0 Å². The fourth-order valence-corrected chi connectivity index (χ4v) is 3.88. The number of nitrogens with zero attached hydrogens (tertiary/aromatic N) is 1. The molecule has 2 aromatic carbocycles. The maximum Gasteiger partial charge on any atom is 0.261 e. The van der Waals surface area contributed by atoms with Crippen molar-refractivity contribution in [2.45, 2.75) is 4.90 Å². The molecule has 7 nitrogen and oxygen atoms in total. The second kappa shape index (κ2) is 7.11. The molecule has 0 heterocycles. The monoisotopic (exact) mass is 404 g/mol. The molecule has 0 saturated carbocycles. The van der Waals surface area contributed by atoms with Crippen LogP contribution in [0.1, 0.15) is 0 Å². The second-order valence-corrected chi connectivity index (χ2v) is 9.29. The molecule has 0 spiro atoms. The van der Waals surface area contributed by atoms with E-state index in [4.69, 9.17) is 16.3 Å². The van der Waals surface area contributed by atoms with Crippen LogP contribution in [-0.2, 0) is 20.0 Å². The van der Waals surface area contributed by atoms with Gasteiger partial charge in [0.2, 0.25) is 10.0 Å². The van der Waals surface area contributed by atoms with Crippen LogP contribution >= 0.6 is 11.6 Å². The van der Waals surface area contributed by atoms with Gasteiger partial charge in [-0.3, -0.25) is 9.03 Å². The molecule has 2 rings (SSSR count). The Morgan fingerprint density at radius 2 is 1.76 bits per heavy atom. The highest BCUT2D eigenvalue weighted by Gasteiger charge is 2.18. The molecule has 0 aliphatic carbocycles. The molecular formula is C15H17ClN2O5S2. The zero-order valence-electron chi connectivity index (χ0n) is 13.7. The normalized spacial score (nSPS) is 11.8. The average molecular weight is 405 g/mol. The topological polar surface area (TPSA) is 92.8 Å². The van der Waals surface area contributed by atoms with Crippen LogP contribution in [0.25, 0.3) is 0 Å². The molecule has 10 heteroatoms. The Bertz CT molecular complexity index is 991. The number of nitrogens with one attached hydrogen (secondary N) is 1. The average Bonchev–Trinajstić information content (AvgIpc) is 2.53. The minimum absolute atomic E-state index is 0.0415. The predicted octanol–water partition coefficient (Wildman–Crippen LogP) is 2.55. The molecule has 0 unspecified atom stereocenters. The van der Waals surface area contributed by atoms with Crippen LogP contribution in [-0.4, -0.2) is 37.2 Å². The lowest BCUT2D eigenvalue weighted by molar-refractivity contribution is 0.414. The molecule has 0 aliphatic rings. The first kappa shape index (κ1) is 19.4. The van der Waals surface area contributed by atoms with Gasteiger partial charge >= 0.3 is 0 Å². The van der Waals surface area contributed by atoms with Gasteiger partial charge in [-0.15, -0.1) is 0 Å². The first-order valence-electron chi connectivity index (χ1n) is 6.95. The van der Waals surface area contributed by atoms with E-state index in [-0.39, 0.29) is 15.6 Å². The molecule has 136 valence electrons. The van der Waals surface area contributed by atoms with Crippen molar-refractivity contribution >= 4 is 43.0 Å². The Morgan fingerprint density at radius 3 is 2.32 bits per heavy atom. The van der Waals surface area contributed by atoms with Crippen LogP contribution < -0.4 is 13.8 Å². The number of hydrogen-bond acceptors (Lipinski definition) is 5. The molecule has 0 fully saturated rings.